The predicted octanol–water partition coefficient (Wildman–Crippen LogP) is 4.41. The Morgan fingerprint density at radius 3 is 2.52 bits per heavy atom. The molecule has 1 aromatic carbocycles. The highest BCUT2D eigenvalue weighted by Crippen LogP contribution is 2.55. The van der Waals surface area contributed by atoms with Crippen LogP contribution in [0.4, 0.5) is 18.0 Å². The van der Waals surface area contributed by atoms with Crippen LogP contribution in [0.5, 0.6) is 5.75 Å². The van der Waals surface area contributed by atoms with Crippen LogP contribution in [-0.2, 0) is 6.18 Å². The van der Waals surface area contributed by atoms with Gasteiger partial charge in [-0.2, -0.15) is 13.2 Å². The van der Waals surface area contributed by atoms with Crippen molar-refractivity contribution in [3.05, 3.63) is 29.3 Å². The van der Waals surface area contributed by atoms with Crippen molar-refractivity contribution in [3.8, 4) is 5.75 Å². The Morgan fingerprint density at radius 2 is 2.00 bits per heavy atom. The summed E-state index contributed by atoms with van der Waals surface area (Å²) in [4.78, 5) is 12.1. The van der Waals surface area contributed by atoms with Crippen molar-refractivity contribution in [2.75, 3.05) is 7.11 Å². The van der Waals surface area contributed by atoms with Crippen molar-refractivity contribution in [3.63, 3.8) is 0 Å². The summed E-state index contributed by atoms with van der Waals surface area (Å²) in [6.07, 6.45) is 1.32. The Morgan fingerprint density at radius 1 is 1.32 bits per heavy atom. The number of hydrogen-bond donors (Lipinski definition) is 2. The van der Waals surface area contributed by atoms with E-state index in [1.54, 1.807) is 6.92 Å². The molecule has 0 aromatic heterocycles. The second-order valence-corrected chi connectivity index (χ2v) is 7.25. The molecule has 0 heterocycles. The Hall–Kier alpha value is -1.92. The van der Waals surface area contributed by atoms with E-state index < -0.39 is 17.8 Å². The van der Waals surface area contributed by atoms with Crippen LogP contribution < -0.4 is 15.4 Å². The molecular weight excluding hydrogens is 333 g/mol. The van der Waals surface area contributed by atoms with Gasteiger partial charge in [0.15, 0.2) is 0 Å². The van der Waals surface area contributed by atoms with Crippen LogP contribution in [0.2, 0.25) is 0 Å². The lowest BCUT2D eigenvalue weighted by Crippen LogP contribution is -2.55. The molecule has 4 nitrogen and oxygen atoms in total. The van der Waals surface area contributed by atoms with E-state index in [0.717, 1.165) is 25.0 Å². The molecule has 1 spiro atoms. The monoisotopic (exact) mass is 356 g/mol. The van der Waals surface area contributed by atoms with Crippen LogP contribution in [0.15, 0.2) is 18.2 Å². The molecule has 0 radical (unpaired) electrons. The van der Waals surface area contributed by atoms with E-state index in [1.165, 1.54) is 32.4 Å². The lowest BCUT2D eigenvalue weighted by Gasteiger charge is -2.54. The standard InChI is InChI=1S/C18H23F3N2O2/c1-11(14-8-12(18(19,20)21)4-5-15(14)25-2)22-16(24)23-13-9-17(10-13)6-3-7-17/h4-5,8,11,13H,3,6-7,9-10H2,1-2H3,(H2,22,23,24). The molecule has 3 rings (SSSR count). The number of alkyl halides is 3. The summed E-state index contributed by atoms with van der Waals surface area (Å²) < 4.78 is 43.9. The first-order valence-electron chi connectivity index (χ1n) is 8.55. The van der Waals surface area contributed by atoms with Crippen LogP contribution in [0.25, 0.3) is 0 Å². The molecule has 1 unspecified atom stereocenters. The average molecular weight is 356 g/mol. The molecule has 2 saturated carbocycles. The molecule has 2 amide bonds. The molecule has 2 aliphatic rings. The minimum atomic E-state index is -4.44. The van der Waals surface area contributed by atoms with Crippen molar-refractivity contribution in [2.24, 2.45) is 5.41 Å². The number of carbonyl (C=O) groups is 1. The van der Waals surface area contributed by atoms with E-state index >= 15 is 0 Å². The number of halogens is 3. The molecule has 2 N–H and O–H groups in total. The van der Waals surface area contributed by atoms with Gasteiger partial charge in [0.2, 0.25) is 0 Å². The van der Waals surface area contributed by atoms with Crippen LogP contribution in [0.3, 0.4) is 0 Å². The van der Waals surface area contributed by atoms with Crippen molar-refractivity contribution in [1.82, 2.24) is 10.6 Å². The number of carbonyl (C=O) groups excluding carboxylic acids is 1. The highest BCUT2D eigenvalue weighted by atomic mass is 19.4. The second kappa shape index (κ2) is 6.42. The maximum atomic E-state index is 12.9. The van der Waals surface area contributed by atoms with Crippen molar-refractivity contribution in [2.45, 2.75) is 57.3 Å². The molecule has 2 aliphatic carbocycles. The SMILES string of the molecule is COc1ccc(C(F)(F)F)cc1C(C)NC(=O)NC1CC2(CCC2)C1. The lowest BCUT2D eigenvalue weighted by molar-refractivity contribution is -0.137. The quantitative estimate of drug-likeness (QED) is 0.840. The Balaban J connectivity index is 1.61. The molecule has 1 atom stereocenters. The van der Waals surface area contributed by atoms with Gasteiger partial charge in [-0.1, -0.05) is 6.42 Å². The summed E-state index contributed by atoms with van der Waals surface area (Å²) >= 11 is 0. The van der Waals surface area contributed by atoms with E-state index in [-0.39, 0.29) is 12.1 Å². The zero-order chi connectivity index (χ0) is 18.2. The molecule has 25 heavy (non-hydrogen) atoms. The Bertz CT molecular complexity index is 648. The first kappa shape index (κ1) is 17.9. The van der Waals surface area contributed by atoms with Crippen LogP contribution in [0.1, 0.15) is 56.2 Å². The summed E-state index contributed by atoms with van der Waals surface area (Å²) in [5.41, 5.74) is -0.00629. The predicted molar refractivity (Wildman–Crippen MR) is 87.4 cm³/mol. The average Bonchev–Trinajstić information content (AvgIpc) is 2.46. The van der Waals surface area contributed by atoms with Crippen molar-refractivity contribution >= 4 is 6.03 Å². The molecule has 0 bridgehead atoms. The molecule has 2 fully saturated rings. The van der Waals surface area contributed by atoms with Crippen LogP contribution >= 0.6 is 0 Å². The van der Waals surface area contributed by atoms with Crippen LogP contribution in [-0.4, -0.2) is 19.2 Å². The summed E-state index contributed by atoms with van der Waals surface area (Å²) in [6, 6.07) is 2.48. The number of rotatable bonds is 4. The summed E-state index contributed by atoms with van der Waals surface area (Å²) in [7, 11) is 1.39. The van der Waals surface area contributed by atoms with Crippen molar-refractivity contribution in [1.29, 1.82) is 0 Å². The van der Waals surface area contributed by atoms with Gasteiger partial charge in [0.25, 0.3) is 0 Å². The van der Waals surface area contributed by atoms with Crippen LogP contribution in [0, 0.1) is 5.41 Å². The first-order valence-corrected chi connectivity index (χ1v) is 8.55. The number of methoxy groups -OCH3 is 1. The minimum Gasteiger partial charge on any atom is -0.496 e. The zero-order valence-electron chi connectivity index (χ0n) is 14.4. The van der Waals surface area contributed by atoms with E-state index in [1.807, 2.05) is 0 Å². The molecule has 0 aliphatic heterocycles. The Kier molecular flexibility index (Phi) is 4.60. The number of amides is 2. The normalized spacial score (nSPS) is 20.4. The summed E-state index contributed by atoms with van der Waals surface area (Å²) in [5, 5.41) is 5.62. The van der Waals surface area contributed by atoms with Gasteiger partial charge in [0.05, 0.1) is 18.7 Å². The van der Waals surface area contributed by atoms with Gasteiger partial charge in [0, 0.05) is 11.6 Å². The second-order valence-electron chi connectivity index (χ2n) is 7.25. The Labute approximate surface area is 145 Å². The van der Waals surface area contributed by atoms with Gasteiger partial charge in [-0.05, 0) is 56.2 Å². The van der Waals surface area contributed by atoms with Gasteiger partial charge < -0.3 is 15.4 Å². The van der Waals surface area contributed by atoms with E-state index in [2.05, 4.69) is 10.6 Å². The van der Waals surface area contributed by atoms with Gasteiger partial charge in [0.1, 0.15) is 5.75 Å². The topological polar surface area (TPSA) is 50.4 Å². The number of nitrogens with one attached hydrogen (secondary N) is 2. The molecule has 0 saturated heterocycles. The lowest BCUT2D eigenvalue weighted by atomic mass is 9.54. The fourth-order valence-electron chi connectivity index (χ4n) is 3.92. The van der Waals surface area contributed by atoms with E-state index in [9.17, 15) is 18.0 Å². The molecular formula is C18H23F3N2O2. The number of hydrogen-bond acceptors (Lipinski definition) is 2. The molecule has 1 aromatic rings. The summed E-state index contributed by atoms with van der Waals surface area (Å²) in [6.45, 7) is 1.64. The highest BCUT2D eigenvalue weighted by Gasteiger charge is 2.48. The maximum absolute atomic E-state index is 12.9. The third-order valence-electron chi connectivity index (χ3n) is 5.48. The molecule has 7 heteroatoms. The molecule has 138 valence electrons. The van der Waals surface area contributed by atoms with Gasteiger partial charge in [-0.3, -0.25) is 0 Å². The highest BCUT2D eigenvalue weighted by molar-refractivity contribution is 5.75. The fraction of sp³-hybridized carbons (Fsp3) is 0.611. The third-order valence-corrected chi connectivity index (χ3v) is 5.48. The largest absolute Gasteiger partial charge is 0.496 e. The number of benzene rings is 1. The minimum absolute atomic E-state index is 0.163. The van der Waals surface area contributed by atoms with Gasteiger partial charge >= 0.3 is 12.2 Å². The fourth-order valence-corrected chi connectivity index (χ4v) is 3.92. The first-order chi connectivity index (χ1) is 11.7. The maximum Gasteiger partial charge on any atom is 0.416 e. The number of urea groups is 1. The summed E-state index contributed by atoms with van der Waals surface area (Å²) in [5.74, 6) is 0.317. The smallest absolute Gasteiger partial charge is 0.416 e. The van der Waals surface area contributed by atoms with Gasteiger partial charge in [-0.15, -0.1) is 0 Å². The third kappa shape index (κ3) is 3.70. The number of ether oxygens (including phenoxy) is 1. The van der Waals surface area contributed by atoms with E-state index in [0.29, 0.717) is 16.7 Å². The van der Waals surface area contributed by atoms with Crippen molar-refractivity contribution < 1.29 is 22.7 Å². The van der Waals surface area contributed by atoms with Gasteiger partial charge in [-0.25, -0.2) is 4.79 Å². The zero-order valence-corrected chi connectivity index (χ0v) is 14.4. The van der Waals surface area contributed by atoms with E-state index in [4.69, 9.17) is 4.74 Å².